The van der Waals surface area contributed by atoms with E-state index >= 15 is 0 Å². The molecule has 24 heavy (non-hydrogen) atoms. The molecule has 8 nitrogen and oxygen atoms in total. The standard InChI is InChI=1S/C15H18N6O2S/c1-20(9-13(22)16-11-7-8-11)14(23)10-24-15-17-18-19-21(15)12-5-3-2-4-6-12/h2-6,11H,7-10H2,1H3,(H,16,22). The molecule has 0 unspecified atom stereocenters. The molecular formula is C15H18N6O2S. The average Bonchev–Trinajstić information content (AvgIpc) is 3.26. The van der Waals surface area contributed by atoms with E-state index in [0.717, 1.165) is 18.5 Å². The van der Waals surface area contributed by atoms with E-state index in [0.29, 0.717) is 11.2 Å². The Morgan fingerprint density at radius 3 is 2.79 bits per heavy atom. The van der Waals surface area contributed by atoms with Crippen molar-refractivity contribution in [1.29, 1.82) is 0 Å². The van der Waals surface area contributed by atoms with Crippen molar-refractivity contribution in [3.63, 3.8) is 0 Å². The highest BCUT2D eigenvalue weighted by Gasteiger charge is 2.24. The zero-order valence-corrected chi connectivity index (χ0v) is 14.1. The summed E-state index contributed by atoms with van der Waals surface area (Å²) in [4.78, 5) is 25.3. The Kier molecular flexibility index (Phi) is 5.09. The van der Waals surface area contributed by atoms with E-state index in [2.05, 4.69) is 20.8 Å². The first-order valence-corrected chi connectivity index (χ1v) is 8.62. The highest BCUT2D eigenvalue weighted by atomic mass is 32.2. The Labute approximate surface area is 143 Å². The minimum absolute atomic E-state index is 0.0690. The maximum atomic E-state index is 12.2. The van der Waals surface area contributed by atoms with Crippen LogP contribution >= 0.6 is 11.8 Å². The molecule has 9 heteroatoms. The van der Waals surface area contributed by atoms with Gasteiger partial charge in [-0.1, -0.05) is 30.0 Å². The molecule has 0 radical (unpaired) electrons. The molecule has 0 bridgehead atoms. The number of carbonyl (C=O) groups excluding carboxylic acids is 2. The first kappa shape index (κ1) is 16.4. The zero-order valence-electron chi connectivity index (χ0n) is 13.3. The Hall–Kier alpha value is -2.42. The summed E-state index contributed by atoms with van der Waals surface area (Å²) < 4.78 is 1.58. The van der Waals surface area contributed by atoms with E-state index in [9.17, 15) is 9.59 Å². The van der Waals surface area contributed by atoms with Gasteiger partial charge in [0.15, 0.2) is 0 Å². The number of benzene rings is 1. The molecule has 2 aromatic rings. The second-order valence-electron chi connectivity index (χ2n) is 5.59. The van der Waals surface area contributed by atoms with Crippen molar-refractivity contribution in [2.45, 2.75) is 24.0 Å². The second kappa shape index (κ2) is 7.43. The molecule has 0 atom stereocenters. The monoisotopic (exact) mass is 346 g/mol. The molecule has 1 saturated carbocycles. The molecule has 2 amide bonds. The van der Waals surface area contributed by atoms with Crippen LogP contribution in [0.25, 0.3) is 5.69 Å². The lowest BCUT2D eigenvalue weighted by molar-refractivity contribution is -0.132. The van der Waals surface area contributed by atoms with E-state index in [1.54, 1.807) is 11.7 Å². The summed E-state index contributed by atoms with van der Waals surface area (Å²) in [6, 6.07) is 9.76. The van der Waals surface area contributed by atoms with E-state index < -0.39 is 0 Å². The summed E-state index contributed by atoms with van der Waals surface area (Å²) >= 11 is 1.24. The van der Waals surface area contributed by atoms with Crippen LogP contribution in [0.3, 0.4) is 0 Å². The van der Waals surface area contributed by atoms with E-state index in [4.69, 9.17) is 0 Å². The van der Waals surface area contributed by atoms with Crippen LogP contribution in [-0.2, 0) is 9.59 Å². The molecule has 1 aromatic heterocycles. The molecule has 1 aliphatic carbocycles. The maximum Gasteiger partial charge on any atom is 0.239 e. The number of amides is 2. The quantitative estimate of drug-likeness (QED) is 0.734. The Bertz CT molecular complexity index is 716. The minimum atomic E-state index is -0.145. The van der Waals surface area contributed by atoms with Crippen LogP contribution in [0, 0.1) is 0 Å². The highest BCUT2D eigenvalue weighted by molar-refractivity contribution is 7.99. The van der Waals surface area contributed by atoms with Gasteiger partial charge in [0.1, 0.15) is 0 Å². The lowest BCUT2D eigenvalue weighted by Gasteiger charge is -2.16. The molecule has 1 aliphatic rings. The first-order valence-electron chi connectivity index (χ1n) is 7.63. The molecule has 1 heterocycles. The summed E-state index contributed by atoms with van der Waals surface area (Å²) in [6.07, 6.45) is 2.06. The van der Waals surface area contributed by atoms with Crippen molar-refractivity contribution in [2.75, 3.05) is 19.3 Å². The Morgan fingerprint density at radius 2 is 2.08 bits per heavy atom. The third-order valence-electron chi connectivity index (χ3n) is 3.52. The lowest BCUT2D eigenvalue weighted by Crippen LogP contribution is -2.39. The fourth-order valence-corrected chi connectivity index (χ4v) is 2.87. The van der Waals surface area contributed by atoms with Crippen LogP contribution < -0.4 is 5.32 Å². The number of tetrazole rings is 1. The Balaban J connectivity index is 1.53. The molecule has 1 fully saturated rings. The number of rotatable bonds is 7. The van der Waals surface area contributed by atoms with Crippen LogP contribution in [0.4, 0.5) is 0 Å². The predicted octanol–water partition coefficient (Wildman–Crippen LogP) is 0.491. The highest BCUT2D eigenvalue weighted by Crippen LogP contribution is 2.19. The van der Waals surface area contributed by atoms with Crippen molar-refractivity contribution in [3.05, 3.63) is 30.3 Å². The number of nitrogens with one attached hydrogen (secondary N) is 1. The van der Waals surface area contributed by atoms with Gasteiger partial charge < -0.3 is 10.2 Å². The fourth-order valence-electron chi connectivity index (χ4n) is 2.04. The lowest BCUT2D eigenvalue weighted by atomic mass is 10.3. The Morgan fingerprint density at radius 1 is 1.33 bits per heavy atom. The van der Waals surface area contributed by atoms with Crippen LogP contribution in [0.15, 0.2) is 35.5 Å². The van der Waals surface area contributed by atoms with Gasteiger partial charge in [0.2, 0.25) is 17.0 Å². The van der Waals surface area contributed by atoms with Crippen LogP contribution in [0.1, 0.15) is 12.8 Å². The number of carbonyl (C=O) groups is 2. The van der Waals surface area contributed by atoms with Gasteiger partial charge in [0, 0.05) is 13.1 Å². The third kappa shape index (κ3) is 4.31. The number of hydrogen-bond donors (Lipinski definition) is 1. The number of thioether (sulfide) groups is 1. The zero-order chi connectivity index (χ0) is 16.9. The van der Waals surface area contributed by atoms with Gasteiger partial charge in [0.25, 0.3) is 0 Å². The molecule has 126 valence electrons. The SMILES string of the molecule is CN(CC(=O)NC1CC1)C(=O)CSc1nnnn1-c1ccccc1. The predicted molar refractivity (Wildman–Crippen MR) is 88.7 cm³/mol. The van der Waals surface area contributed by atoms with Crippen molar-refractivity contribution in [3.8, 4) is 5.69 Å². The van der Waals surface area contributed by atoms with Crippen LogP contribution in [0.5, 0.6) is 0 Å². The van der Waals surface area contributed by atoms with E-state index in [1.165, 1.54) is 16.7 Å². The number of likely N-dealkylation sites (N-methyl/N-ethyl adjacent to an activating group) is 1. The maximum absolute atomic E-state index is 12.2. The number of hydrogen-bond acceptors (Lipinski definition) is 6. The fraction of sp³-hybridized carbons (Fsp3) is 0.400. The summed E-state index contributed by atoms with van der Waals surface area (Å²) in [5.41, 5.74) is 0.828. The average molecular weight is 346 g/mol. The molecule has 1 aromatic carbocycles. The van der Waals surface area contributed by atoms with Gasteiger partial charge in [-0.05, 0) is 35.4 Å². The van der Waals surface area contributed by atoms with Gasteiger partial charge in [-0.15, -0.1) is 5.10 Å². The van der Waals surface area contributed by atoms with Gasteiger partial charge in [-0.2, -0.15) is 4.68 Å². The summed E-state index contributed by atoms with van der Waals surface area (Å²) in [7, 11) is 1.62. The van der Waals surface area contributed by atoms with Gasteiger partial charge in [-0.25, -0.2) is 0 Å². The van der Waals surface area contributed by atoms with Crippen LogP contribution in [-0.4, -0.2) is 62.3 Å². The number of aromatic nitrogens is 4. The summed E-state index contributed by atoms with van der Waals surface area (Å²) in [5.74, 6) is -0.0959. The molecule has 0 saturated heterocycles. The van der Waals surface area contributed by atoms with E-state index in [-0.39, 0.29) is 24.1 Å². The van der Waals surface area contributed by atoms with Crippen molar-refractivity contribution >= 4 is 23.6 Å². The minimum Gasteiger partial charge on any atom is -0.352 e. The summed E-state index contributed by atoms with van der Waals surface area (Å²) in [5, 5.41) is 14.9. The summed E-state index contributed by atoms with van der Waals surface area (Å²) in [6.45, 7) is 0.0690. The van der Waals surface area contributed by atoms with Gasteiger partial charge >= 0.3 is 0 Å². The largest absolute Gasteiger partial charge is 0.352 e. The molecule has 1 N–H and O–H groups in total. The van der Waals surface area contributed by atoms with E-state index in [1.807, 2.05) is 30.3 Å². The molecule has 3 rings (SSSR count). The first-order chi connectivity index (χ1) is 11.6. The van der Waals surface area contributed by atoms with Crippen molar-refractivity contribution < 1.29 is 9.59 Å². The normalized spacial score (nSPS) is 13.5. The molecular weight excluding hydrogens is 328 g/mol. The smallest absolute Gasteiger partial charge is 0.239 e. The molecule has 0 aliphatic heterocycles. The van der Waals surface area contributed by atoms with Crippen LogP contribution in [0.2, 0.25) is 0 Å². The third-order valence-corrected chi connectivity index (χ3v) is 4.42. The topological polar surface area (TPSA) is 93.0 Å². The molecule has 0 spiro atoms. The van der Waals surface area contributed by atoms with Gasteiger partial charge in [0.05, 0.1) is 18.0 Å². The van der Waals surface area contributed by atoms with Crippen molar-refractivity contribution in [2.24, 2.45) is 0 Å². The van der Waals surface area contributed by atoms with Crippen molar-refractivity contribution in [1.82, 2.24) is 30.4 Å². The number of nitrogens with zero attached hydrogens (tertiary/aromatic N) is 5. The van der Waals surface area contributed by atoms with Gasteiger partial charge in [-0.3, -0.25) is 9.59 Å². The number of para-hydroxylation sites is 1. The second-order valence-corrected chi connectivity index (χ2v) is 6.53.